The number of amides is 1. The Bertz CT molecular complexity index is 871. The number of rotatable bonds is 7. The van der Waals surface area contributed by atoms with E-state index in [0.717, 1.165) is 16.9 Å². The zero-order chi connectivity index (χ0) is 21.1. The third kappa shape index (κ3) is 5.13. The normalized spacial score (nSPS) is 18.8. The van der Waals surface area contributed by atoms with E-state index >= 15 is 0 Å². The Morgan fingerprint density at radius 2 is 1.72 bits per heavy atom. The van der Waals surface area contributed by atoms with Crippen molar-refractivity contribution in [3.63, 3.8) is 0 Å². The fourth-order valence-corrected chi connectivity index (χ4v) is 3.17. The molecule has 6 heteroatoms. The van der Waals surface area contributed by atoms with E-state index in [2.05, 4.69) is 50.4 Å². The molecule has 1 aliphatic heterocycles. The summed E-state index contributed by atoms with van der Waals surface area (Å²) in [4.78, 5) is 22.5. The van der Waals surface area contributed by atoms with Crippen molar-refractivity contribution in [2.45, 2.75) is 51.2 Å². The second-order valence-electron chi connectivity index (χ2n) is 8.44. The van der Waals surface area contributed by atoms with Crippen LogP contribution < -0.4 is 10.1 Å². The monoisotopic (exact) mass is 399 g/mol. The molecule has 1 atom stereocenters. The van der Waals surface area contributed by atoms with Gasteiger partial charge in [-0.25, -0.2) is 4.79 Å². The number of benzene rings is 2. The Hall–Kier alpha value is -2.89. The van der Waals surface area contributed by atoms with Gasteiger partial charge in [0.15, 0.2) is 5.54 Å². The summed E-state index contributed by atoms with van der Waals surface area (Å²) >= 11 is 0. The zero-order valence-electron chi connectivity index (χ0n) is 17.0. The lowest BCUT2D eigenvalue weighted by Gasteiger charge is -2.20. The van der Waals surface area contributed by atoms with Gasteiger partial charge in [0.1, 0.15) is 19.0 Å². The molecule has 154 valence electrons. The topological polar surface area (TPSA) is 64.6 Å². The number of carbonyl (C=O) groups excluding carboxylic acids is 2. The molecule has 1 fully saturated rings. The molecule has 29 heavy (non-hydrogen) atoms. The standard InChI is InChI=1S/C23H26FNO4/c1-22(2,3)18-8-4-17(5-9-18)14-28-19-10-6-16(7-11-19)12-13-23(20(24)26)15-29-21(27)25-23/h4-11H,12-15H2,1-3H3,(H,25,27). The number of cyclic esters (lactones) is 1. The van der Waals surface area contributed by atoms with Gasteiger partial charge < -0.3 is 14.8 Å². The number of carbonyl (C=O) groups is 2. The minimum absolute atomic E-state index is 0.119. The lowest BCUT2D eigenvalue weighted by atomic mass is 9.87. The minimum atomic E-state index is -1.58. The van der Waals surface area contributed by atoms with Crippen LogP contribution in [0.15, 0.2) is 48.5 Å². The average Bonchev–Trinajstić information content (AvgIpc) is 3.07. The van der Waals surface area contributed by atoms with E-state index in [9.17, 15) is 14.0 Å². The van der Waals surface area contributed by atoms with Gasteiger partial charge in [-0.3, -0.25) is 4.79 Å². The highest BCUT2D eigenvalue weighted by Crippen LogP contribution is 2.24. The summed E-state index contributed by atoms with van der Waals surface area (Å²) < 4.78 is 23.9. The van der Waals surface area contributed by atoms with E-state index < -0.39 is 17.7 Å². The Morgan fingerprint density at radius 3 is 2.24 bits per heavy atom. The van der Waals surface area contributed by atoms with E-state index in [0.29, 0.717) is 13.0 Å². The molecular formula is C23H26FNO4. The maximum Gasteiger partial charge on any atom is 0.408 e. The van der Waals surface area contributed by atoms with Crippen molar-refractivity contribution in [2.75, 3.05) is 6.61 Å². The molecule has 1 aliphatic rings. The fraction of sp³-hybridized carbons (Fsp3) is 0.391. The van der Waals surface area contributed by atoms with Crippen LogP contribution in [0.25, 0.3) is 0 Å². The van der Waals surface area contributed by atoms with Gasteiger partial charge in [0.2, 0.25) is 0 Å². The van der Waals surface area contributed by atoms with Gasteiger partial charge in [0.25, 0.3) is 0 Å². The highest BCUT2D eigenvalue weighted by molar-refractivity contribution is 5.87. The molecule has 0 spiro atoms. The molecule has 3 rings (SSSR count). The van der Waals surface area contributed by atoms with Gasteiger partial charge >= 0.3 is 12.1 Å². The van der Waals surface area contributed by atoms with Crippen molar-refractivity contribution in [1.29, 1.82) is 0 Å². The summed E-state index contributed by atoms with van der Waals surface area (Å²) in [7, 11) is 0. The molecule has 1 heterocycles. The van der Waals surface area contributed by atoms with Gasteiger partial charge in [-0.15, -0.1) is 0 Å². The molecule has 0 radical (unpaired) electrons. The molecule has 2 aromatic carbocycles. The van der Waals surface area contributed by atoms with Crippen molar-refractivity contribution in [2.24, 2.45) is 0 Å². The van der Waals surface area contributed by atoms with Crippen molar-refractivity contribution >= 4 is 12.1 Å². The van der Waals surface area contributed by atoms with Crippen molar-refractivity contribution in [3.8, 4) is 5.75 Å². The van der Waals surface area contributed by atoms with Crippen molar-refractivity contribution < 1.29 is 23.5 Å². The first-order valence-corrected chi connectivity index (χ1v) is 9.64. The first kappa shape index (κ1) is 20.8. The molecule has 5 nitrogen and oxygen atoms in total. The molecule has 2 aromatic rings. The third-order valence-corrected chi connectivity index (χ3v) is 5.16. The molecule has 1 amide bonds. The number of hydrogen-bond acceptors (Lipinski definition) is 4. The molecule has 0 saturated carbocycles. The van der Waals surface area contributed by atoms with Gasteiger partial charge in [-0.1, -0.05) is 57.2 Å². The highest BCUT2D eigenvalue weighted by Gasteiger charge is 2.46. The van der Waals surface area contributed by atoms with E-state index in [1.807, 2.05) is 24.3 Å². The predicted octanol–water partition coefficient (Wildman–Crippen LogP) is 4.47. The van der Waals surface area contributed by atoms with Gasteiger partial charge in [-0.2, -0.15) is 4.39 Å². The lowest BCUT2D eigenvalue weighted by molar-refractivity contribution is -0.136. The first-order chi connectivity index (χ1) is 13.7. The number of ether oxygens (including phenoxy) is 2. The molecular weight excluding hydrogens is 373 g/mol. The largest absolute Gasteiger partial charge is 0.489 e. The van der Waals surface area contributed by atoms with Gasteiger partial charge in [0.05, 0.1) is 0 Å². The van der Waals surface area contributed by atoms with E-state index in [1.54, 1.807) is 0 Å². The summed E-state index contributed by atoms with van der Waals surface area (Å²) in [6, 6.07) is 14.2. The van der Waals surface area contributed by atoms with Crippen molar-refractivity contribution in [3.05, 3.63) is 65.2 Å². The van der Waals surface area contributed by atoms with Crippen LogP contribution in [0.5, 0.6) is 5.75 Å². The Morgan fingerprint density at radius 1 is 1.10 bits per heavy atom. The molecule has 0 aliphatic carbocycles. The lowest BCUT2D eigenvalue weighted by Crippen LogP contribution is -2.49. The van der Waals surface area contributed by atoms with E-state index in [4.69, 9.17) is 9.47 Å². The summed E-state index contributed by atoms with van der Waals surface area (Å²) in [6.45, 7) is 6.72. The quantitative estimate of drug-likeness (QED) is 0.698. The number of alkyl carbamates (subject to hydrolysis) is 1. The highest BCUT2D eigenvalue weighted by atomic mass is 19.1. The van der Waals surface area contributed by atoms with Gasteiger partial charge in [-0.05, 0) is 47.1 Å². The smallest absolute Gasteiger partial charge is 0.408 e. The van der Waals surface area contributed by atoms with Crippen LogP contribution in [0.3, 0.4) is 0 Å². The molecule has 0 aromatic heterocycles. The number of aryl methyl sites for hydroxylation is 1. The first-order valence-electron chi connectivity index (χ1n) is 9.64. The summed E-state index contributed by atoms with van der Waals surface area (Å²) in [6.07, 6.45) is -0.210. The van der Waals surface area contributed by atoms with Crippen LogP contribution in [0.4, 0.5) is 9.18 Å². The SMILES string of the molecule is CC(C)(C)c1ccc(COc2ccc(CCC3(C(=O)F)COC(=O)N3)cc2)cc1. The molecule has 1 saturated heterocycles. The Labute approximate surface area is 170 Å². The van der Waals surface area contributed by atoms with Crippen LogP contribution in [-0.4, -0.2) is 24.3 Å². The van der Waals surface area contributed by atoms with Crippen LogP contribution >= 0.6 is 0 Å². The van der Waals surface area contributed by atoms with Crippen LogP contribution in [0.2, 0.25) is 0 Å². The molecule has 1 N–H and O–H groups in total. The van der Waals surface area contributed by atoms with Crippen LogP contribution in [0, 0.1) is 0 Å². The van der Waals surface area contributed by atoms with E-state index in [1.165, 1.54) is 5.56 Å². The number of halogens is 1. The van der Waals surface area contributed by atoms with Gasteiger partial charge in [0, 0.05) is 0 Å². The summed E-state index contributed by atoms with van der Waals surface area (Å²) in [5.41, 5.74) is 1.81. The second kappa shape index (κ2) is 8.23. The van der Waals surface area contributed by atoms with Crippen LogP contribution in [-0.2, 0) is 28.0 Å². The minimum Gasteiger partial charge on any atom is -0.489 e. The molecule has 0 bridgehead atoms. The number of nitrogens with one attached hydrogen (secondary N) is 1. The zero-order valence-corrected chi connectivity index (χ0v) is 17.0. The fourth-order valence-electron chi connectivity index (χ4n) is 3.17. The third-order valence-electron chi connectivity index (χ3n) is 5.16. The predicted molar refractivity (Wildman–Crippen MR) is 108 cm³/mol. The summed E-state index contributed by atoms with van der Waals surface area (Å²) in [5.74, 6) is 0.724. The van der Waals surface area contributed by atoms with Crippen LogP contribution in [0.1, 0.15) is 43.9 Å². The molecule has 1 unspecified atom stereocenters. The second-order valence-corrected chi connectivity index (χ2v) is 8.44. The Balaban J connectivity index is 1.54. The van der Waals surface area contributed by atoms with E-state index in [-0.39, 0.29) is 18.4 Å². The Kier molecular flexibility index (Phi) is 5.91. The number of hydrogen-bond donors (Lipinski definition) is 1. The van der Waals surface area contributed by atoms with Crippen molar-refractivity contribution in [1.82, 2.24) is 5.32 Å². The summed E-state index contributed by atoms with van der Waals surface area (Å²) in [5, 5.41) is 2.29. The maximum atomic E-state index is 13.4. The maximum absolute atomic E-state index is 13.4. The average molecular weight is 399 g/mol.